The zero-order valence-corrected chi connectivity index (χ0v) is 11.8. The Balaban J connectivity index is 2.38. The van der Waals surface area contributed by atoms with E-state index in [2.05, 4.69) is 6.07 Å². The van der Waals surface area contributed by atoms with Crippen molar-refractivity contribution in [2.75, 3.05) is 24.8 Å². The van der Waals surface area contributed by atoms with E-state index < -0.39 is 0 Å². The molecule has 0 aliphatic heterocycles. The van der Waals surface area contributed by atoms with Gasteiger partial charge in [-0.1, -0.05) is 12.1 Å². The van der Waals surface area contributed by atoms with Crippen molar-refractivity contribution in [3.63, 3.8) is 0 Å². The molecule has 2 rings (SSSR count). The van der Waals surface area contributed by atoms with Crippen molar-refractivity contribution in [3.05, 3.63) is 53.6 Å². The van der Waals surface area contributed by atoms with Gasteiger partial charge in [-0.2, -0.15) is 5.26 Å². The highest BCUT2D eigenvalue weighted by Crippen LogP contribution is 2.25. The Morgan fingerprint density at radius 1 is 1.29 bits per heavy atom. The Labute approximate surface area is 123 Å². The minimum absolute atomic E-state index is 0.240. The molecule has 0 fully saturated rings. The molecule has 0 radical (unpaired) electrons. The molecule has 0 saturated carbocycles. The molecule has 2 aromatic carbocycles. The van der Waals surface area contributed by atoms with Crippen LogP contribution in [0.4, 0.5) is 11.4 Å². The fourth-order valence-electron chi connectivity index (χ4n) is 2.01. The zero-order valence-electron chi connectivity index (χ0n) is 11.8. The van der Waals surface area contributed by atoms with E-state index in [-0.39, 0.29) is 5.91 Å². The first-order chi connectivity index (χ1) is 10.1. The lowest BCUT2D eigenvalue weighted by Crippen LogP contribution is -2.27. The van der Waals surface area contributed by atoms with E-state index in [4.69, 9.17) is 15.7 Å². The molecule has 2 aromatic rings. The average Bonchev–Trinajstić information content (AvgIpc) is 2.53. The SMILES string of the molecule is COc1cc(C(=O)N(C)c2ccccc2C#N)ccc1N. The Bertz CT molecular complexity index is 720. The van der Waals surface area contributed by atoms with Gasteiger partial charge in [-0.05, 0) is 30.3 Å². The summed E-state index contributed by atoms with van der Waals surface area (Å²) < 4.78 is 5.12. The maximum absolute atomic E-state index is 12.5. The first kappa shape index (κ1) is 14.4. The third-order valence-corrected chi connectivity index (χ3v) is 3.17. The Hall–Kier alpha value is -3.00. The van der Waals surface area contributed by atoms with Crippen molar-refractivity contribution in [2.24, 2.45) is 0 Å². The lowest BCUT2D eigenvalue weighted by molar-refractivity contribution is 0.0992. The number of nitrogens with two attached hydrogens (primary N) is 1. The van der Waals surface area contributed by atoms with Crippen LogP contribution < -0.4 is 15.4 Å². The summed E-state index contributed by atoms with van der Waals surface area (Å²) in [4.78, 5) is 13.9. The predicted molar refractivity (Wildman–Crippen MR) is 81.3 cm³/mol. The van der Waals surface area contributed by atoms with Gasteiger partial charge in [-0.15, -0.1) is 0 Å². The molecule has 5 nitrogen and oxygen atoms in total. The highest BCUT2D eigenvalue weighted by Gasteiger charge is 2.17. The molecule has 0 saturated heterocycles. The molecule has 0 aliphatic rings. The van der Waals surface area contributed by atoms with Crippen LogP contribution in [-0.4, -0.2) is 20.1 Å². The van der Waals surface area contributed by atoms with Crippen LogP contribution in [0.3, 0.4) is 0 Å². The quantitative estimate of drug-likeness (QED) is 0.876. The number of hydrogen-bond donors (Lipinski definition) is 1. The molecule has 5 heteroatoms. The highest BCUT2D eigenvalue weighted by molar-refractivity contribution is 6.06. The third kappa shape index (κ3) is 2.79. The van der Waals surface area contributed by atoms with E-state index in [0.717, 1.165) is 0 Å². The van der Waals surface area contributed by atoms with Crippen molar-refractivity contribution in [1.29, 1.82) is 5.26 Å². The van der Waals surface area contributed by atoms with Gasteiger partial charge in [0.15, 0.2) is 0 Å². The number of carbonyl (C=O) groups is 1. The summed E-state index contributed by atoms with van der Waals surface area (Å²) in [6.45, 7) is 0. The van der Waals surface area contributed by atoms with Gasteiger partial charge in [0.2, 0.25) is 0 Å². The van der Waals surface area contributed by atoms with Crippen LogP contribution in [0.2, 0.25) is 0 Å². The summed E-state index contributed by atoms with van der Waals surface area (Å²) >= 11 is 0. The summed E-state index contributed by atoms with van der Waals surface area (Å²) in [5.74, 6) is 0.207. The van der Waals surface area contributed by atoms with E-state index in [1.807, 2.05) is 0 Å². The molecule has 0 atom stereocenters. The predicted octanol–water partition coefficient (Wildman–Crippen LogP) is 2.43. The normalized spacial score (nSPS) is 9.76. The number of nitriles is 1. The summed E-state index contributed by atoms with van der Waals surface area (Å²) in [7, 11) is 3.12. The van der Waals surface area contributed by atoms with Gasteiger partial charge in [-0.3, -0.25) is 4.79 Å². The summed E-state index contributed by atoms with van der Waals surface area (Å²) in [6, 6.07) is 13.8. The Morgan fingerprint density at radius 3 is 2.67 bits per heavy atom. The number of amides is 1. The van der Waals surface area contributed by atoms with Crippen LogP contribution in [0, 0.1) is 11.3 Å². The second kappa shape index (κ2) is 5.97. The van der Waals surface area contributed by atoms with Crippen LogP contribution in [-0.2, 0) is 0 Å². The van der Waals surface area contributed by atoms with E-state index in [9.17, 15) is 4.79 Å². The zero-order chi connectivity index (χ0) is 15.4. The van der Waals surface area contributed by atoms with Gasteiger partial charge >= 0.3 is 0 Å². The monoisotopic (exact) mass is 281 g/mol. The molecular formula is C16H15N3O2. The van der Waals surface area contributed by atoms with Crippen molar-refractivity contribution >= 4 is 17.3 Å². The molecule has 1 amide bonds. The molecule has 0 unspecified atom stereocenters. The lowest BCUT2D eigenvalue weighted by Gasteiger charge is -2.19. The Kier molecular flexibility index (Phi) is 4.10. The topological polar surface area (TPSA) is 79.3 Å². The molecule has 0 aliphatic carbocycles. The van der Waals surface area contributed by atoms with Gasteiger partial charge in [0.05, 0.1) is 24.0 Å². The molecule has 0 aromatic heterocycles. The molecule has 0 heterocycles. The van der Waals surface area contributed by atoms with Gasteiger partial charge < -0.3 is 15.4 Å². The van der Waals surface area contributed by atoms with Crippen LogP contribution in [0.25, 0.3) is 0 Å². The van der Waals surface area contributed by atoms with Crippen LogP contribution >= 0.6 is 0 Å². The largest absolute Gasteiger partial charge is 0.495 e. The third-order valence-electron chi connectivity index (χ3n) is 3.17. The summed E-state index contributed by atoms with van der Waals surface area (Å²) in [6.07, 6.45) is 0. The Morgan fingerprint density at radius 2 is 2.00 bits per heavy atom. The number of ether oxygens (including phenoxy) is 1. The molecular weight excluding hydrogens is 266 g/mol. The molecule has 0 spiro atoms. The van der Waals surface area contributed by atoms with Crippen LogP contribution in [0.1, 0.15) is 15.9 Å². The highest BCUT2D eigenvalue weighted by atomic mass is 16.5. The number of para-hydroxylation sites is 1. The second-order valence-electron chi connectivity index (χ2n) is 4.45. The molecule has 0 bridgehead atoms. The number of carbonyl (C=O) groups excluding carboxylic acids is 1. The van der Waals surface area contributed by atoms with Crippen LogP contribution in [0.15, 0.2) is 42.5 Å². The molecule has 2 N–H and O–H groups in total. The lowest BCUT2D eigenvalue weighted by atomic mass is 10.1. The first-order valence-electron chi connectivity index (χ1n) is 6.29. The standard InChI is InChI=1S/C16H15N3O2/c1-19(14-6-4-3-5-12(14)10-17)16(20)11-7-8-13(18)15(9-11)21-2/h3-9H,18H2,1-2H3. The summed E-state index contributed by atoms with van der Waals surface area (Å²) in [5.41, 5.74) is 7.64. The van der Waals surface area contributed by atoms with E-state index in [1.54, 1.807) is 49.5 Å². The van der Waals surface area contributed by atoms with E-state index >= 15 is 0 Å². The maximum Gasteiger partial charge on any atom is 0.258 e. The van der Waals surface area contributed by atoms with E-state index in [1.165, 1.54) is 12.0 Å². The number of nitrogen functional groups attached to an aromatic ring is 1. The molecule has 21 heavy (non-hydrogen) atoms. The van der Waals surface area contributed by atoms with Crippen molar-refractivity contribution in [1.82, 2.24) is 0 Å². The fourth-order valence-corrected chi connectivity index (χ4v) is 2.01. The fraction of sp³-hybridized carbons (Fsp3) is 0.125. The first-order valence-corrected chi connectivity index (χ1v) is 6.29. The number of anilines is 2. The number of benzene rings is 2. The number of hydrogen-bond acceptors (Lipinski definition) is 4. The maximum atomic E-state index is 12.5. The smallest absolute Gasteiger partial charge is 0.258 e. The van der Waals surface area contributed by atoms with Gasteiger partial charge in [0.1, 0.15) is 11.8 Å². The van der Waals surface area contributed by atoms with Crippen molar-refractivity contribution < 1.29 is 9.53 Å². The average molecular weight is 281 g/mol. The summed E-state index contributed by atoms with van der Waals surface area (Å²) in [5, 5.41) is 9.11. The van der Waals surface area contributed by atoms with Crippen LogP contribution in [0.5, 0.6) is 5.75 Å². The van der Waals surface area contributed by atoms with Gasteiger partial charge in [0.25, 0.3) is 5.91 Å². The van der Waals surface area contributed by atoms with E-state index in [0.29, 0.717) is 28.3 Å². The molecule has 106 valence electrons. The minimum Gasteiger partial charge on any atom is -0.495 e. The van der Waals surface area contributed by atoms with Crippen molar-refractivity contribution in [2.45, 2.75) is 0 Å². The number of rotatable bonds is 3. The number of methoxy groups -OCH3 is 1. The van der Waals surface area contributed by atoms with Gasteiger partial charge in [0, 0.05) is 12.6 Å². The van der Waals surface area contributed by atoms with Gasteiger partial charge in [-0.25, -0.2) is 0 Å². The minimum atomic E-state index is -0.240. The van der Waals surface area contributed by atoms with Crippen molar-refractivity contribution in [3.8, 4) is 11.8 Å². The number of nitrogens with zero attached hydrogens (tertiary/aromatic N) is 2. The second-order valence-corrected chi connectivity index (χ2v) is 4.45.